The maximum atomic E-state index is 13.4. The summed E-state index contributed by atoms with van der Waals surface area (Å²) in [5.41, 5.74) is 8.88. The molecule has 3 amide bonds. The summed E-state index contributed by atoms with van der Waals surface area (Å²) in [7, 11) is 0. The number of nitrogen functional groups attached to an aromatic ring is 1. The largest absolute Gasteiger partial charge is 0.383 e. The Kier molecular flexibility index (Phi) is 7.34. The van der Waals surface area contributed by atoms with Crippen molar-refractivity contribution in [3.05, 3.63) is 46.6 Å². The van der Waals surface area contributed by atoms with Gasteiger partial charge in [0.25, 0.3) is 0 Å². The van der Waals surface area contributed by atoms with E-state index in [1.165, 1.54) is 6.20 Å². The first kappa shape index (κ1) is 26.1. The van der Waals surface area contributed by atoms with E-state index in [9.17, 15) is 14.4 Å². The van der Waals surface area contributed by atoms with Crippen LogP contribution in [0, 0.1) is 12.8 Å². The first-order valence-electron chi connectivity index (χ1n) is 13.2. The number of nitrogens with zero attached hydrogens (tertiary/aromatic N) is 4. The Morgan fingerprint density at radius 1 is 1.11 bits per heavy atom. The number of hydrogen-bond donors (Lipinski definition) is 2. The van der Waals surface area contributed by atoms with Crippen molar-refractivity contribution in [1.82, 2.24) is 19.8 Å². The number of thiazole rings is 1. The van der Waals surface area contributed by atoms with E-state index in [2.05, 4.69) is 35.4 Å². The topological polar surface area (TPSA) is 122 Å². The molecule has 9 nitrogen and oxygen atoms in total. The molecule has 3 aromatic rings. The third-order valence-electron chi connectivity index (χ3n) is 7.75. The smallest absolute Gasteiger partial charge is 0.313 e. The van der Waals surface area contributed by atoms with Gasteiger partial charge in [-0.15, -0.1) is 11.3 Å². The highest BCUT2D eigenvalue weighted by Crippen LogP contribution is 2.38. The summed E-state index contributed by atoms with van der Waals surface area (Å²) in [6.45, 7) is 7.59. The van der Waals surface area contributed by atoms with Gasteiger partial charge < -0.3 is 20.9 Å². The number of anilines is 2. The maximum absolute atomic E-state index is 13.4. The fourth-order valence-electron chi connectivity index (χ4n) is 5.48. The van der Waals surface area contributed by atoms with Crippen LogP contribution >= 0.6 is 11.3 Å². The van der Waals surface area contributed by atoms with E-state index in [-0.39, 0.29) is 11.9 Å². The van der Waals surface area contributed by atoms with Gasteiger partial charge in [-0.3, -0.25) is 14.4 Å². The molecule has 2 aliphatic heterocycles. The number of nitrogens with two attached hydrogens (primary N) is 1. The number of aromatic nitrogens is 2. The number of hydrogen-bond acceptors (Lipinski definition) is 7. The van der Waals surface area contributed by atoms with Crippen LogP contribution in [0.1, 0.15) is 67.6 Å². The lowest BCUT2D eigenvalue weighted by Crippen LogP contribution is -2.46. The number of amides is 3. The van der Waals surface area contributed by atoms with Gasteiger partial charge in [0.1, 0.15) is 5.82 Å². The molecule has 10 heteroatoms. The van der Waals surface area contributed by atoms with E-state index < -0.39 is 11.8 Å². The van der Waals surface area contributed by atoms with Crippen molar-refractivity contribution in [3.63, 3.8) is 0 Å². The van der Waals surface area contributed by atoms with Crippen molar-refractivity contribution < 1.29 is 14.4 Å². The number of piperidine rings is 2. The van der Waals surface area contributed by atoms with Crippen LogP contribution in [0.15, 0.2) is 30.5 Å². The average Bonchev–Trinajstić information content (AvgIpc) is 3.34. The zero-order valence-electron chi connectivity index (χ0n) is 22.1. The van der Waals surface area contributed by atoms with E-state index in [0.717, 1.165) is 65.1 Å². The van der Waals surface area contributed by atoms with Crippen LogP contribution in [-0.4, -0.2) is 57.1 Å². The summed E-state index contributed by atoms with van der Waals surface area (Å²) in [5.74, 6) is -0.0426. The molecule has 2 unspecified atom stereocenters. The van der Waals surface area contributed by atoms with Crippen molar-refractivity contribution in [2.45, 2.75) is 58.4 Å². The summed E-state index contributed by atoms with van der Waals surface area (Å²) >= 11 is 1.71. The Labute approximate surface area is 226 Å². The van der Waals surface area contributed by atoms with Crippen LogP contribution in [0.5, 0.6) is 0 Å². The Morgan fingerprint density at radius 2 is 1.87 bits per heavy atom. The molecule has 0 radical (unpaired) electrons. The first-order valence-corrected chi connectivity index (χ1v) is 14.0. The highest BCUT2D eigenvalue weighted by Gasteiger charge is 2.34. The zero-order valence-corrected chi connectivity index (χ0v) is 22.9. The number of likely N-dealkylation sites (tertiary alicyclic amines) is 2. The quantitative estimate of drug-likeness (QED) is 0.485. The summed E-state index contributed by atoms with van der Waals surface area (Å²) in [4.78, 5) is 50.6. The van der Waals surface area contributed by atoms with Gasteiger partial charge in [0.2, 0.25) is 5.91 Å². The third-order valence-corrected chi connectivity index (χ3v) is 8.95. The first-order chi connectivity index (χ1) is 18.2. The van der Waals surface area contributed by atoms with Crippen LogP contribution in [0.3, 0.4) is 0 Å². The van der Waals surface area contributed by atoms with E-state index in [4.69, 9.17) is 10.7 Å². The number of aryl methyl sites for hydroxylation is 1. The second-order valence-electron chi connectivity index (χ2n) is 10.6. The molecule has 5 rings (SSSR count). The standard InChI is InChI=1S/C28H34N6O3S/c1-16-4-6-23(34(15-16)28(37)26(36)31-21-12-17(2)25(29)30-14-21)20-5-7-24-22(13-20)32-27(38-24)19-8-10-33(11-9-19)18(3)35/h5,7,12-14,16,19,23H,4,6,8-11,15H2,1-3H3,(H2,29,30)(H,31,36). The van der Waals surface area contributed by atoms with Crippen molar-refractivity contribution in [3.8, 4) is 0 Å². The van der Waals surface area contributed by atoms with E-state index in [0.29, 0.717) is 29.9 Å². The molecular formula is C28H34N6O3S. The normalized spacial score (nSPS) is 20.5. The second-order valence-corrected chi connectivity index (χ2v) is 11.7. The molecule has 38 heavy (non-hydrogen) atoms. The summed E-state index contributed by atoms with van der Waals surface area (Å²) in [5, 5.41) is 3.80. The molecule has 1 aromatic carbocycles. The molecule has 0 spiro atoms. The van der Waals surface area contributed by atoms with E-state index in [1.807, 2.05) is 4.90 Å². The summed E-state index contributed by atoms with van der Waals surface area (Å²) in [6.07, 6.45) is 5.07. The fourth-order valence-corrected chi connectivity index (χ4v) is 6.59. The highest BCUT2D eigenvalue weighted by atomic mass is 32.1. The van der Waals surface area contributed by atoms with Crippen LogP contribution in [-0.2, 0) is 14.4 Å². The zero-order chi connectivity index (χ0) is 27.0. The van der Waals surface area contributed by atoms with E-state index >= 15 is 0 Å². The molecule has 0 saturated carbocycles. The summed E-state index contributed by atoms with van der Waals surface area (Å²) in [6, 6.07) is 7.74. The molecular weight excluding hydrogens is 500 g/mol. The number of fused-ring (bicyclic) bond motifs is 1. The molecule has 2 fully saturated rings. The molecule has 3 N–H and O–H groups in total. The Bertz CT molecular complexity index is 1380. The van der Waals surface area contributed by atoms with Gasteiger partial charge in [-0.05, 0) is 67.9 Å². The minimum Gasteiger partial charge on any atom is -0.383 e. The minimum atomic E-state index is -0.677. The lowest BCUT2D eigenvalue weighted by atomic mass is 9.89. The third kappa shape index (κ3) is 5.36. The van der Waals surface area contributed by atoms with Crippen molar-refractivity contribution in [2.24, 2.45) is 5.92 Å². The van der Waals surface area contributed by atoms with Crippen LogP contribution in [0.4, 0.5) is 11.5 Å². The summed E-state index contributed by atoms with van der Waals surface area (Å²) < 4.78 is 1.11. The molecule has 0 bridgehead atoms. The average molecular weight is 535 g/mol. The lowest BCUT2D eigenvalue weighted by Gasteiger charge is -2.38. The molecule has 2 atom stereocenters. The van der Waals surface area contributed by atoms with Gasteiger partial charge >= 0.3 is 11.8 Å². The number of carbonyl (C=O) groups excluding carboxylic acids is 3. The van der Waals surface area contributed by atoms with Gasteiger partial charge in [0.15, 0.2) is 0 Å². The number of rotatable bonds is 3. The van der Waals surface area contributed by atoms with Gasteiger partial charge in [-0.25, -0.2) is 9.97 Å². The van der Waals surface area contributed by atoms with Crippen LogP contribution < -0.4 is 11.1 Å². The Balaban J connectivity index is 1.34. The van der Waals surface area contributed by atoms with Crippen molar-refractivity contribution in [2.75, 3.05) is 30.7 Å². The Hall–Kier alpha value is -3.53. The number of nitrogens with one attached hydrogen (secondary N) is 1. The van der Waals surface area contributed by atoms with Gasteiger partial charge in [-0.1, -0.05) is 13.0 Å². The SMILES string of the molecule is CC(=O)N1CCC(c2nc3cc(C4CCC(C)CN4C(=O)C(=O)Nc4cnc(N)c(C)c4)ccc3s2)CC1. The molecule has 0 aliphatic carbocycles. The highest BCUT2D eigenvalue weighted by molar-refractivity contribution is 7.18. The van der Waals surface area contributed by atoms with Crippen LogP contribution in [0.2, 0.25) is 0 Å². The van der Waals surface area contributed by atoms with Gasteiger partial charge in [0.05, 0.1) is 33.2 Å². The predicted molar refractivity (Wildman–Crippen MR) is 149 cm³/mol. The van der Waals surface area contributed by atoms with Gasteiger partial charge in [-0.2, -0.15) is 0 Å². The molecule has 200 valence electrons. The Morgan fingerprint density at radius 3 is 2.58 bits per heavy atom. The van der Waals surface area contributed by atoms with Crippen molar-refractivity contribution >= 4 is 50.8 Å². The second kappa shape index (κ2) is 10.7. The predicted octanol–water partition coefficient (Wildman–Crippen LogP) is 4.25. The molecule has 4 heterocycles. The van der Waals surface area contributed by atoms with Crippen molar-refractivity contribution in [1.29, 1.82) is 0 Å². The molecule has 2 aliphatic rings. The lowest BCUT2D eigenvalue weighted by molar-refractivity contribution is -0.146. The number of carbonyl (C=O) groups is 3. The minimum absolute atomic E-state index is 0.132. The maximum Gasteiger partial charge on any atom is 0.313 e. The van der Waals surface area contributed by atoms with Gasteiger partial charge in [0, 0.05) is 32.5 Å². The fraction of sp³-hybridized carbons (Fsp3) is 0.464. The number of pyridine rings is 1. The monoisotopic (exact) mass is 534 g/mol. The molecule has 2 saturated heterocycles. The molecule has 2 aromatic heterocycles. The number of benzene rings is 1. The van der Waals surface area contributed by atoms with Crippen LogP contribution in [0.25, 0.3) is 10.2 Å². The van der Waals surface area contributed by atoms with E-state index in [1.54, 1.807) is 36.2 Å².